The third-order valence-corrected chi connectivity index (χ3v) is 3.51. The van der Waals surface area contributed by atoms with Gasteiger partial charge in [0.15, 0.2) is 0 Å². The Balaban J connectivity index is 2.05. The van der Waals surface area contributed by atoms with Crippen LogP contribution < -0.4 is 9.47 Å². The maximum Gasteiger partial charge on any atom is 0.514 e. The molecule has 0 aromatic heterocycles. The fourth-order valence-electron chi connectivity index (χ4n) is 2.21. The smallest absolute Gasteiger partial charge is 0.497 e. The van der Waals surface area contributed by atoms with Crippen molar-refractivity contribution >= 4 is 6.16 Å². The molecular formula is C19H23NO4. The second-order valence-electron chi connectivity index (χ2n) is 5.64. The summed E-state index contributed by atoms with van der Waals surface area (Å²) in [6.45, 7) is 0.787. The predicted octanol–water partition coefficient (Wildman–Crippen LogP) is 3.90. The van der Waals surface area contributed by atoms with Gasteiger partial charge in [0.25, 0.3) is 0 Å². The van der Waals surface area contributed by atoms with E-state index in [9.17, 15) is 4.79 Å². The minimum absolute atomic E-state index is 0.380. The van der Waals surface area contributed by atoms with Gasteiger partial charge in [-0.05, 0) is 43.9 Å². The van der Waals surface area contributed by atoms with Gasteiger partial charge >= 0.3 is 6.16 Å². The first-order chi connectivity index (χ1) is 11.6. The van der Waals surface area contributed by atoms with E-state index in [1.807, 2.05) is 49.3 Å². The van der Waals surface area contributed by atoms with Crippen molar-refractivity contribution in [3.05, 3.63) is 60.2 Å². The maximum atomic E-state index is 12.1. The molecule has 0 amide bonds. The Hall–Kier alpha value is -2.53. The molecule has 0 heterocycles. The lowest BCUT2D eigenvalue weighted by atomic mass is 10.1. The van der Waals surface area contributed by atoms with Crippen molar-refractivity contribution < 1.29 is 19.0 Å². The van der Waals surface area contributed by atoms with Gasteiger partial charge in [0.2, 0.25) is 0 Å². The third-order valence-electron chi connectivity index (χ3n) is 3.51. The zero-order valence-electron chi connectivity index (χ0n) is 14.3. The summed E-state index contributed by atoms with van der Waals surface area (Å²) in [5.74, 6) is 1.22. The van der Waals surface area contributed by atoms with E-state index in [1.54, 1.807) is 31.4 Å². The molecule has 0 aliphatic carbocycles. The summed E-state index contributed by atoms with van der Waals surface area (Å²) in [5.41, 5.74) is 0.905. The number of nitrogens with zero attached hydrogens (tertiary/aromatic N) is 1. The number of carbonyl (C=O) groups excluding carboxylic acids is 1. The van der Waals surface area contributed by atoms with E-state index in [1.165, 1.54) is 0 Å². The maximum absolute atomic E-state index is 12.1. The molecule has 128 valence electrons. The fourth-order valence-corrected chi connectivity index (χ4v) is 2.21. The molecule has 0 fully saturated rings. The van der Waals surface area contributed by atoms with Crippen LogP contribution in [0.4, 0.5) is 4.79 Å². The van der Waals surface area contributed by atoms with Crippen LogP contribution in [0.5, 0.6) is 11.5 Å². The molecule has 0 radical (unpaired) electrons. The van der Waals surface area contributed by atoms with E-state index in [-0.39, 0.29) is 6.10 Å². The number of hydrogen-bond acceptors (Lipinski definition) is 5. The Bertz CT molecular complexity index is 626. The van der Waals surface area contributed by atoms with Crippen LogP contribution in [0.3, 0.4) is 0 Å². The van der Waals surface area contributed by atoms with E-state index >= 15 is 0 Å². The molecule has 0 N–H and O–H groups in total. The van der Waals surface area contributed by atoms with Gasteiger partial charge in [0, 0.05) is 13.0 Å². The quantitative estimate of drug-likeness (QED) is 0.569. The van der Waals surface area contributed by atoms with Gasteiger partial charge in [0.05, 0.1) is 7.11 Å². The molecule has 24 heavy (non-hydrogen) atoms. The number of benzene rings is 2. The summed E-state index contributed by atoms with van der Waals surface area (Å²) in [5, 5.41) is 0. The first-order valence-electron chi connectivity index (χ1n) is 7.80. The van der Waals surface area contributed by atoms with Gasteiger partial charge < -0.3 is 19.1 Å². The van der Waals surface area contributed by atoms with E-state index in [2.05, 4.69) is 0 Å². The van der Waals surface area contributed by atoms with Crippen molar-refractivity contribution in [2.24, 2.45) is 0 Å². The molecule has 0 aliphatic rings. The van der Waals surface area contributed by atoms with E-state index < -0.39 is 6.16 Å². The Morgan fingerprint density at radius 2 is 1.67 bits per heavy atom. The van der Waals surface area contributed by atoms with Crippen molar-refractivity contribution in [2.45, 2.75) is 12.5 Å². The standard InChI is InChI=1S/C19H23NO4/c1-20(2)14-13-18(15-9-11-16(22-3)12-10-15)24-19(21)23-17-7-5-4-6-8-17/h4-12,18H,13-14H2,1-3H3. The van der Waals surface area contributed by atoms with Gasteiger partial charge in [-0.25, -0.2) is 4.79 Å². The molecule has 2 rings (SSSR count). The molecule has 2 aromatic rings. The summed E-state index contributed by atoms with van der Waals surface area (Å²) in [7, 11) is 5.58. The van der Waals surface area contributed by atoms with Crippen molar-refractivity contribution in [1.29, 1.82) is 0 Å². The Labute approximate surface area is 142 Å². The summed E-state index contributed by atoms with van der Waals surface area (Å²) in [6, 6.07) is 16.4. The SMILES string of the molecule is COc1ccc(C(CCN(C)C)OC(=O)Oc2ccccc2)cc1. The number of carbonyl (C=O) groups is 1. The molecule has 2 aromatic carbocycles. The van der Waals surface area contributed by atoms with Gasteiger partial charge in [-0.2, -0.15) is 0 Å². The molecular weight excluding hydrogens is 306 g/mol. The molecule has 0 aliphatic heterocycles. The molecule has 5 heteroatoms. The lowest BCUT2D eigenvalue weighted by Gasteiger charge is -2.20. The average Bonchev–Trinajstić information content (AvgIpc) is 2.59. The summed E-state index contributed by atoms with van der Waals surface area (Å²) in [6.07, 6.45) is -0.418. The van der Waals surface area contributed by atoms with Crippen molar-refractivity contribution in [3.63, 3.8) is 0 Å². The lowest BCUT2D eigenvalue weighted by Crippen LogP contribution is -2.20. The number of para-hydroxylation sites is 1. The van der Waals surface area contributed by atoms with Crippen LogP contribution >= 0.6 is 0 Å². The van der Waals surface area contributed by atoms with Crippen LogP contribution in [0.1, 0.15) is 18.1 Å². The van der Waals surface area contributed by atoms with Crippen LogP contribution in [-0.2, 0) is 4.74 Å². The molecule has 5 nitrogen and oxygen atoms in total. The predicted molar refractivity (Wildman–Crippen MR) is 92.5 cm³/mol. The topological polar surface area (TPSA) is 48.0 Å². The van der Waals surface area contributed by atoms with Gasteiger partial charge in [-0.1, -0.05) is 30.3 Å². The summed E-state index contributed by atoms with van der Waals surface area (Å²) < 4.78 is 15.9. The highest BCUT2D eigenvalue weighted by Gasteiger charge is 2.19. The summed E-state index contributed by atoms with van der Waals surface area (Å²) >= 11 is 0. The van der Waals surface area contributed by atoms with E-state index in [0.29, 0.717) is 12.2 Å². The Kier molecular flexibility index (Phi) is 6.63. The molecule has 1 unspecified atom stereocenters. The minimum Gasteiger partial charge on any atom is -0.497 e. The van der Waals surface area contributed by atoms with Gasteiger partial charge in [0.1, 0.15) is 17.6 Å². The van der Waals surface area contributed by atoms with Gasteiger partial charge in [-0.15, -0.1) is 0 Å². The van der Waals surface area contributed by atoms with Crippen molar-refractivity contribution in [3.8, 4) is 11.5 Å². The number of ether oxygens (including phenoxy) is 3. The van der Waals surface area contributed by atoms with Crippen molar-refractivity contribution in [1.82, 2.24) is 4.90 Å². The fraction of sp³-hybridized carbons (Fsp3) is 0.316. The molecule has 0 bridgehead atoms. The minimum atomic E-state index is -0.708. The molecule has 0 saturated carbocycles. The Morgan fingerprint density at radius 3 is 2.25 bits per heavy atom. The van der Waals surface area contributed by atoms with Crippen LogP contribution in [-0.4, -0.2) is 38.8 Å². The number of hydrogen-bond donors (Lipinski definition) is 0. The first kappa shape index (κ1) is 17.8. The van der Waals surface area contributed by atoms with E-state index in [0.717, 1.165) is 17.9 Å². The number of methoxy groups -OCH3 is 1. The molecule has 1 atom stereocenters. The number of rotatable bonds is 7. The van der Waals surface area contributed by atoms with Crippen LogP contribution in [0.15, 0.2) is 54.6 Å². The van der Waals surface area contributed by atoms with Crippen LogP contribution in [0, 0.1) is 0 Å². The van der Waals surface area contributed by atoms with E-state index in [4.69, 9.17) is 14.2 Å². The van der Waals surface area contributed by atoms with Crippen molar-refractivity contribution in [2.75, 3.05) is 27.7 Å². The zero-order chi connectivity index (χ0) is 17.4. The largest absolute Gasteiger partial charge is 0.514 e. The zero-order valence-corrected chi connectivity index (χ0v) is 14.3. The highest BCUT2D eigenvalue weighted by Crippen LogP contribution is 2.25. The van der Waals surface area contributed by atoms with Crippen LogP contribution in [0.25, 0.3) is 0 Å². The Morgan fingerprint density at radius 1 is 1.00 bits per heavy atom. The highest BCUT2D eigenvalue weighted by atomic mass is 16.7. The first-order valence-corrected chi connectivity index (χ1v) is 7.80. The van der Waals surface area contributed by atoms with Crippen LogP contribution in [0.2, 0.25) is 0 Å². The second-order valence-corrected chi connectivity index (χ2v) is 5.64. The molecule has 0 saturated heterocycles. The third kappa shape index (κ3) is 5.59. The lowest BCUT2D eigenvalue weighted by molar-refractivity contribution is 0.0509. The summed E-state index contributed by atoms with van der Waals surface area (Å²) in [4.78, 5) is 14.1. The normalized spacial score (nSPS) is 11.8. The molecule has 0 spiro atoms. The average molecular weight is 329 g/mol. The second kappa shape index (κ2) is 8.93. The van der Waals surface area contributed by atoms with Gasteiger partial charge in [-0.3, -0.25) is 0 Å². The highest BCUT2D eigenvalue weighted by molar-refractivity contribution is 5.64. The monoisotopic (exact) mass is 329 g/mol.